The van der Waals surface area contributed by atoms with Crippen molar-refractivity contribution >= 4 is 5.78 Å². The highest BCUT2D eigenvalue weighted by atomic mass is 19.4. The summed E-state index contributed by atoms with van der Waals surface area (Å²) in [5.41, 5.74) is 0. The van der Waals surface area contributed by atoms with Crippen LogP contribution in [0.1, 0.15) is 25.7 Å². The van der Waals surface area contributed by atoms with E-state index in [9.17, 15) is 18.0 Å². The summed E-state index contributed by atoms with van der Waals surface area (Å²) in [5, 5.41) is 2.88. The van der Waals surface area contributed by atoms with Crippen LogP contribution < -0.4 is 5.32 Å². The van der Waals surface area contributed by atoms with E-state index in [2.05, 4.69) is 5.32 Å². The van der Waals surface area contributed by atoms with Crippen molar-refractivity contribution in [3.8, 4) is 0 Å². The molecule has 76 valence electrons. The molecular weight excluding hydrogens is 183 g/mol. The van der Waals surface area contributed by atoms with Crippen molar-refractivity contribution in [3.05, 3.63) is 0 Å². The molecule has 0 atom stereocenters. The molecule has 0 unspecified atom stereocenters. The topological polar surface area (TPSA) is 29.1 Å². The van der Waals surface area contributed by atoms with E-state index in [-0.39, 0.29) is 12.3 Å². The van der Waals surface area contributed by atoms with Gasteiger partial charge in [0.15, 0.2) is 0 Å². The fourth-order valence-electron chi connectivity index (χ4n) is 0.915. The first-order valence-corrected chi connectivity index (χ1v) is 4.29. The maximum atomic E-state index is 11.7. The Morgan fingerprint density at radius 3 is 2.46 bits per heavy atom. The standard InChI is InChI=1S/C8H12F3NO/c9-8(10,11)4-3-7(13)5-12-6-1-2-6/h6,12H,1-5H2. The highest BCUT2D eigenvalue weighted by Crippen LogP contribution is 2.21. The van der Waals surface area contributed by atoms with Crippen LogP contribution in [-0.2, 0) is 4.79 Å². The molecule has 0 aromatic carbocycles. The molecule has 1 aliphatic rings. The highest BCUT2D eigenvalue weighted by Gasteiger charge is 2.28. The molecule has 0 saturated heterocycles. The van der Waals surface area contributed by atoms with Gasteiger partial charge in [0.05, 0.1) is 13.0 Å². The van der Waals surface area contributed by atoms with Gasteiger partial charge in [-0.3, -0.25) is 4.79 Å². The van der Waals surface area contributed by atoms with E-state index in [1.165, 1.54) is 0 Å². The largest absolute Gasteiger partial charge is 0.389 e. The Morgan fingerprint density at radius 1 is 1.38 bits per heavy atom. The molecule has 5 heteroatoms. The smallest absolute Gasteiger partial charge is 0.307 e. The van der Waals surface area contributed by atoms with Gasteiger partial charge in [0, 0.05) is 12.5 Å². The SMILES string of the molecule is O=C(CCC(F)(F)F)CNC1CC1. The van der Waals surface area contributed by atoms with Crippen molar-refractivity contribution in [2.75, 3.05) is 6.54 Å². The van der Waals surface area contributed by atoms with E-state index in [0.717, 1.165) is 12.8 Å². The molecule has 1 N–H and O–H groups in total. The van der Waals surface area contributed by atoms with Crippen LogP contribution in [0.4, 0.5) is 13.2 Å². The molecule has 1 rings (SSSR count). The molecule has 1 fully saturated rings. The van der Waals surface area contributed by atoms with Gasteiger partial charge in [-0.15, -0.1) is 0 Å². The summed E-state index contributed by atoms with van der Waals surface area (Å²) in [6.07, 6.45) is -3.55. The number of hydrogen-bond acceptors (Lipinski definition) is 2. The summed E-state index contributed by atoms with van der Waals surface area (Å²) in [6, 6.07) is 0.370. The van der Waals surface area contributed by atoms with Crippen LogP contribution >= 0.6 is 0 Å². The Hall–Kier alpha value is -0.580. The van der Waals surface area contributed by atoms with Crippen molar-refractivity contribution in [1.29, 1.82) is 0 Å². The number of hydrogen-bond donors (Lipinski definition) is 1. The molecule has 1 saturated carbocycles. The van der Waals surface area contributed by atoms with Crippen molar-refractivity contribution in [1.82, 2.24) is 5.32 Å². The molecule has 0 amide bonds. The molecule has 13 heavy (non-hydrogen) atoms. The number of carbonyl (C=O) groups excluding carboxylic acids is 1. The zero-order chi connectivity index (χ0) is 9.90. The van der Waals surface area contributed by atoms with E-state index in [1.807, 2.05) is 0 Å². The van der Waals surface area contributed by atoms with E-state index in [1.54, 1.807) is 0 Å². The fourth-order valence-corrected chi connectivity index (χ4v) is 0.915. The first-order chi connectivity index (χ1) is 5.97. The maximum Gasteiger partial charge on any atom is 0.389 e. The molecule has 0 bridgehead atoms. The van der Waals surface area contributed by atoms with Gasteiger partial charge in [0.1, 0.15) is 5.78 Å². The third kappa shape index (κ3) is 5.63. The molecule has 0 aromatic heterocycles. The first kappa shape index (κ1) is 10.5. The molecule has 2 nitrogen and oxygen atoms in total. The number of alkyl halides is 3. The van der Waals surface area contributed by atoms with Gasteiger partial charge in [-0.1, -0.05) is 0 Å². The quantitative estimate of drug-likeness (QED) is 0.722. The third-order valence-corrected chi connectivity index (χ3v) is 1.85. The van der Waals surface area contributed by atoms with Crippen LogP contribution in [-0.4, -0.2) is 24.5 Å². The average molecular weight is 195 g/mol. The summed E-state index contributed by atoms with van der Waals surface area (Å²) in [5.74, 6) is -0.357. The number of rotatable bonds is 5. The summed E-state index contributed by atoms with van der Waals surface area (Å²) >= 11 is 0. The minimum absolute atomic E-state index is 0.0841. The minimum Gasteiger partial charge on any atom is -0.307 e. The second kappa shape index (κ2) is 4.09. The van der Waals surface area contributed by atoms with Gasteiger partial charge in [-0.2, -0.15) is 13.2 Å². The lowest BCUT2D eigenvalue weighted by atomic mass is 10.2. The maximum absolute atomic E-state index is 11.7. The van der Waals surface area contributed by atoms with E-state index < -0.39 is 19.0 Å². The van der Waals surface area contributed by atoms with Crippen LogP contribution in [0, 0.1) is 0 Å². The summed E-state index contributed by atoms with van der Waals surface area (Å²) in [4.78, 5) is 10.9. The Bertz CT molecular complexity index is 186. The summed E-state index contributed by atoms with van der Waals surface area (Å²) in [6.45, 7) is 0.0841. The number of Topliss-reactive ketones (excluding diaryl/α,β-unsaturated/α-hetero) is 1. The number of ketones is 1. The molecule has 0 spiro atoms. The zero-order valence-electron chi connectivity index (χ0n) is 7.16. The second-order valence-corrected chi connectivity index (χ2v) is 3.31. The molecule has 0 aromatic rings. The highest BCUT2D eigenvalue weighted by molar-refractivity contribution is 5.80. The predicted molar refractivity (Wildman–Crippen MR) is 41.3 cm³/mol. The minimum atomic E-state index is -4.21. The molecule has 0 radical (unpaired) electrons. The third-order valence-electron chi connectivity index (χ3n) is 1.85. The van der Waals surface area contributed by atoms with Crippen molar-refractivity contribution < 1.29 is 18.0 Å². The van der Waals surface area contributed by atoms with Gasteiger partial charge < -0.3 is 5.32 Å². The second-order valence-electron chi connectivity index (χ2n) is 3.31. The van der Waals surface area contributed by atoms with Crippen molar-refractivity contribution in [2.45, 2.75) is 37.9 Å². The Kier molecular flexibility index (Phi) is 3.30. The molecule has 0 heterocycles. The van der Waals surface area contributed by atoms with E-state index in [0.29, 0.717) is 6.04 Å². The van der Waals surface area contributed by atoms with Gasteiger partial charge in [-0.25, -0.2) is 0 Å². The summed E-state index contributed by atoms with van der Waals surface area (Å²) < 4.78 is 35.0. The molecular formula is C8H12F3NO. The predicted octanol–water partition coefficient (Wildman–Crippen LogP) is 1.65. The lowest BCUT2D eigenvalue weighted by Crippen LogP contribution is -2.25. The fraction of sp³-hybridized carbons (Fsp3) is 0.875. The Balaban J connectivity index is 2.03. The lowest BCUT2D eigenvalue weighted by molar-refractivity contribution is -0.142. The normalized spacial score (nSPS) is 17.5. The van der Waals surface area contributed by atoms with Gasteiger partial charge in [0.2, 0.25) is 0 Å². The van der Waals surface area contributed by atoms with Crippen LogP contribution in [0.2, 0.25) is 0 Å². The first-order valence-electron chi connectivity index (χ1n) is 4.29. The Morgan fingerprint density at radius 2 is 2.00 bits per heavy atom. The average Bonchev–Trinajstić information content (AvgIpc) is 2.78. The number of nitrogens with one attached hydrogen (secondary N) is 1. The van der Waals surface area contributed by atoms with Crippen LogP contribution in [0.15, 0.2) is 0 Å². The Labute approximate surface area is 74.5 Å². The lowest BCUT2D eigenvalue weighted by Gasteiger charge is -2.05. The van der Waals surface area contributed by atoms with Crippen LogP contribution in [0.3, 0.4) is 0 Å². The van der Waals surface area contributed by atoms with Crippen LogP contribution in [0.5, 0.6) is 0 Å². The number of carbonyl (C=O) groups is 1. The molecule has 1 aliphatic carbocycles. The number of halogens is 3. The monoisotopic (exact) mass is 195 g/mol. The van der Waals surface area contributed by atoms with Crippen molar-refractivity contribution in [3.63, 3.8) is 0 Å². The summed E-state index contributed by atoms with van der Waals surface area (Å²) in [7, 11) is 0. The van der Waals surface area contributed by atoms with Crippen LogP contribution in [0.25, 0.3) is 0 Å². The molecule has 0 aliphatic heterocycles. The van der Waals surface area contributed by atoms with Crippen molar-refractivity contribution in [2.24, 2.45) is 0 Å². The van der Waals surface area contributed by atoms with Gasteiger partial charge in [0.25, 0.3) is 0 Å². The zero-order valence-corrected chi connectivity index (χ0v) is 7.16. The van der Waals surface area contributed by atoms with Gasteiger partial charge >= 0.3 is 6.18 Å². The van der Waals surface area contributed by atoms with E-state index in [4.69, 9.17) is 0 Å². The van der Waals surface area contributed by atoms with E-state index >= 15 is 0 Å². The van der Waals surface area contributed by atoms with Gasteiger partial charge in [-0.05, 0) is 12.8 Å².